The number of piperidine rings is 2. The van der Waals surface area contributed by atoms with E-state index in [4.69, 9.17) is 16.4 Å². The number of aliphatic hydroxyl groups excluding tert-OH is 1. The number of hydrogen-bond donors (Lipinski definition) is 2. The Morgan fingerprint density at radius 3 is 2.81 bits per heavy atom. The van der Waals surface area contributed by atoms with Crippen LogP contribution in [0, 0.1) is 0 Å². The molecule has 0 aliphatic carbocycles. The summed E-state index contributed by atoms with van der Waals surface area (Å²) in [6, 6.07) is 3.97. The Labute approximate surface area is 160 Å². The molecule has 0 spiro atoms. The molecule has 2 fully saturated rings. The molecule has 1 aromatic heterocycles. The van der Waals surface area contributed by atoms with Crippen molar-refractivity contribution >= 4 is 16.8 Å². The second kappa shape index (κ2) is 9.65. The van der Waals surface area contributed by atoms with Crippen LogP contribution in [0.2, 0.25) is 0 Å². The second-order valence-corrected chi connectivity index (χ2v) is 7.62. The number of nitrogens with one attached hydrogen (secondary N) is 1. The van der Waals surface area contributed by atoms with Crippen molar-refractivity contribution in [3.8, 4) is 0 Å². The van der Waals surface area contributed by atoms with Gasteiger partial charge in [0.25, 0.3) is 0 Å². The van der Waals surface area contributed by atoms with E-state index in [1.807, 2.05) is 18.3 Å². The summed E-state index contributed by atoms with van der Waals surface area (Å²) in [5.41, 5.74) is 0.700. The molecule has 26 heavy (non-hydrogen) atoms. The molecule has 0 aromatic carbocycles. The zero-order valence-electron chi connectivity index (χ0n) is 15.2. The van der Waals surface area contributed by atoms with Gasteiger partial charge in [-0.3, -0.25) is 4.98 Å². The number of likely N-dealkylation sites (tertiary alicyclic amines) is 1. The highest BCUT2D eigenvalue weighted by Gasteiger charge is 2.39. The van der Waals surface area contributed by atoms with Crippen LogP contribution < -0.4 is 5.32 Å². The van der Waals surface area contributed by atoms with E-state index in [2.05, 4.69) is 20.4 Å². The van der Waals surface area contributed by atoms with Gasteiger partial charge in [0.2, 0.25) is 0 Å². The number of β-amino-alcohol motifs (C(OH)–C–C–N with tert-alkyl or cyclic N) is 1. The molecule has 2 N–H and O–H groups in total. The van der Waals surface area contributed by atoms with Gasteiger partial charge >= 0.3 is 0 Å². The van der Waals surface area contributed by atoms with Crippen molar-refractivity contribution in [3.63, 3.8) is 0 Å². The van der Waals surface area contributed by atoms with E-state index in [-0.39, 0.29) is 12.0 Å². The van der Waals surface area contributed by atoms with Gasteiger partial charge in [-0.2, -0.15) is 0 Å². The highest BCUT2D eigenvalue weighted by atomic mass is 35.5. The maximum atomic E-state index is 10.2. The van der Waals surface area contributed by atoms with Gasteiger partial charge in [0, 0.05) is 18.9 Å². The highest BCUT2D eigenvalue weighted by molar-refractivity contribution is 6.67. The molecular weight excluding hydrogens is 352 g/mol. The summed E-state index contributed by atoms with van der Waals surface area (Å²) in [7, 11) is 0. The van der Waals surface area contributed by atoms with Gasteiger partial charge < -0.3 is 20.2 Å². The van der Waals surface area contributed by atoms with Crippen LogP contribution in [-0.2, 0) is 10.3 Å². The first-order valence-corrected chi connectivity index (χ1v) is 9.96. The topological polar surface area (TPSA) is 70.0 Å². The Morgan fingerprint density at radius 2 is 2.12 bits per heavy atom. The molecule has 6 nitrogen and oxygen atoms in total. The van der Waals surface area contributed by atoms with Crippen molar-refractivity contribution < 1.29 is 9.94 Å². The maximum absolute atomic E-state index is 10.2. The SMILES string of the molecule is OC(CO/N=C(\Cl)C1(c2cccnc2)CCNCC1)CN1CCCCC1. The summed E-state index contributed by atoms with van der Waals surface area (Å²) in [5.74, 6) is 0. The number of halogens is 1. The van der Waals surface area contributed by atoms with Gasteiger partial charge in [0.1, 0.15) is 12.7 Å². The number of nitrogens with zero attached hydrogens (tertiary/aromatic N) is 3. The molecule has 144 valence electrons. The largest absolute Gasteiger partial charge is 0.392 e. The first kappa shape index (κ1) is 19.5. The molecule has 3 rings (SSSR count). The summed E-state index contributed by atoms with van der Waals surface area (Å²) < 4.78 is 0. The normalized spacial score (nSPS) is 22.8. The predicted molar refractivity (Wildman–Crippen MR) is 104 cm³/mol. The van der Waals surface area contributed by atoms with Crippen LogP contribution in [0.25, 0.3) is 0 Å². The fraction of sp³-hybridized carbons (Fsp3) is 0.684. The lowest BCUT2D eigenvalue weighted by atomic mass is 9.74. The Bertz CT molecular complexity index is 572. The standard InChI is InChI=1S/C19H29ClN4O2/c20-18(23-26-15-17(25)14-24-11-2-1-3-12-24)19(6-9-21-10-7-19)16-5-4-8-22-13-16/h4-5,8,13,17,21,25H,1-3,6-7,9-12,14-15H2/b23-18-. The summed E-state index contributed by atoms with van der Waals surface area (Å²) in [5, 5.41) is 18.2. The summed E-state index contributed by atoms with van der Waals surface area (Å²) in [6.07, 6.45) is 8.46. The number of oxime groups is 1. The van der Waals surface area contributed by atoms with Crippen LogP contribution in [0.1, 0.15) is 37.7 Å². The molecule has 7 heteroatoms. The van der Waals surface area contributed by atoms with Gasteiger partial charge in [-0.1, -0.05) is 29.2 Å². The third-order valence-electron chi connectivity index (χ3n) is 5.40. The number of rotatable bonds is 7. The summed E-state index contributed by atoms with van der Waals surface area (Å²) >= 11 is 6.60. The van der Waals surface area contributed by atoms with E-state index in [1.165, 1.54) is 19.3 Å². The van der Waals surface area contributed by atoms with E-state index >= 15 is 0 Å². The first-order chi connectivity index (χ1) is 12.7. The predicted octanol–water partition coefficient (Wildman–Crippen LogP) is 2.12. The van der Waals surface area contributed by atoms with Crippen LogP contribution in [-0.4, -0.2) is 65.6 Å². The lowest BCUT2D eigenvalue weighted by Gasteiger charge is -2.36. The third-order valence-corrected chi connectivity index (χ3v) is 5.83. The number of hydrogen-bond acceptors (Lipinski definition) is 6. The van der Waals surface area contributed by atoms with Crippen molar-refractivity contribution in [3.05, 3.63) is 30.1 Å². The summed E-state index contributed by atoms with van der Waals surface area (Å²) in [4.78, 5) is 12.0. The van der Waals surface area contributed by atoms with Crippen LogP contribution in [0.4, 0.5) is 0 Å². The Hall–Kier alpha value is -1.21. The molecule has 1 aromatic rings. The van der Waals surface area contributed by atoms with Gasteiger partial charge in [0.15, 0.2) is 5.17 Å². The molecular formula is C19H29ClN4O2. The molecule has 0 amide bonds. The maximum Gasteiger partial charge on any atom is 0.156 e. The molecule has 2 aliphatic rings. The highest BCUT2D eigenvalue weighted by Crippen LogP contribution is 2.36. The van der Waals surface area contributed by atoms with Crippen molar-refractivity contribution in [2.45, 2.75) is 43.6 Å². The van der Waals surface area contributed by atoms with Gasteiger partial charge in [-0.05, 0) is 63.5 Å². The van der Waals surface area contributed by atoms with Crippen LogP contribution >= 0.6 is 11.6 Å². The van der Waals surface area contributed by atoms with E-state index in [9.17, 15) is 5.11 Å². The summed E-state index contributed by atoms with van der Waals surface area (Å²) in [6.45, 7) is 4.64. The smallest absolute Gasteiger partial charge is 0.156 e. The Morgan fingerprint density at radius 1 is 1.35 bits per heavy atom. The number of aromatic nitrogens is 1. The van der Waals surface area contributed by atoms with E-state index in [0.29, 0.717) is 11.7 Å². The van der Waals surface area contributed by atoms with Crippen LogP contribution in [0.5, 0.6) is 0 Å². The molecule has 1 atom stereocenters. The lowest BCUT2D eigenvalue weighted by molar-refractivity contribution is 0.0154. The lowest BCUT2D eigenvalue weighted by Crippen LogP contribution is -2.44. The van der Waals surface area contributed by atoms with E-state index < -0.39 is 6.10 Å². The number of aliphatic hydroxyl groups is 1. The van der Waals surface area contributed by atoms with Crippen molar-refractivity contribution in [1.82, 2.24) is 15.2 Å². The van der Waals surface area contributed by atoms with Crippen molar-refractivity contribution in [2.75, 3.05) is 39.3 Å². The monoisotopic (exact) mass is 380 g/mol. The van der Waals surface area contributed by atoms with Gasteiger partial charge in [-0.15, -0.1) is 0 Å². The van der Waals surface area contributed by atoms with Gasteiger partial charge in [0.05, 0.1) is 5.41 Å². The Balaban J connectivity index is 1.59. The minimum absolute atomic E-state index is 0.161. The molecule has 2 saturated heterocycles. The average molecular weight is 381 g/mol. The van der Waals surface area contributed by atoms with Crippen molar-refractivity contribution in [2.24, 2.45) is 5.16 Å². The fourth-order valence-corrected chi connectivity index (χ4v) is 4.22. The molecule has 1 unspecified atom stereocenters. The molecule has 0 bridgehead atoms. The van der Waals surface area contributed by atoms with E-state index in [0.717, 1.165) is 44.6 Å². The van der Waals surface area contributed by atoms with Crippen LogP contribution in [0.3, 0.4) is 0 Å². The zero-order chi connectivity index (χ0) is 18.2. The zero-order valence-corrected chi connectivity index (χ0v) is 16.0. The second-order valence-electron chi connectivity index (χ2n) is 7.27. The van der Waals surface area contributed by atoms with Crippen LogP contribution in [0.15, 0.2) is 29.7 Å². The molecule has 2 aliphatic heterocycles. The molecule has 3 heterocycles. The minimum atomic E-state index is -0.552. The van der Waals surface area contributed by atoms with E-state index in [1.54, 1.807) is 6.20 Å². The van der Waals surface area contributed by atoms with Crippen molar-refractivity contribution in [1.29, 1.82) is 0 Å². The quantitative estimate of drug-likeness (QED) is 0.560. The third kappa shape index (κ3) is 4.94. The molecule has 0 radical (unpaired) electrons. The molecule has 0 saturated carbocycles. The Kier molecular flexibility index (Phi) is 7.25. The average Bonchev–Trinajstić information content (AvgIpc) is 2.70. The number of pyridine rings is 1. The minimum Gasteiger partial charge on any atom is -0.392 e. The first-order valence-electron chi connectivity index (χ1n) is 9.58. The van der Waals surface area contributed by atoms with Gasteiger partial charge in [-0.25, -0.2) is 0 Å². The fourth-order valence-electron chi connectivity index (χ4n) is 3.87.